The first-order valence-corrected chi connectivity index (χ1v) is 10.5. The fourth-order valence-corrected chi connectivity index (χ4v) is 4.20. The molecule has 4 rings (SSSR count). The minimum Gasteiger partial charge on any atom is -0.372 e. The molecule has 0 atom stereocenters. The van der Waals surface area contributed by atoms with Gasteiger partial charge >= 0.3 is 0 Å². The van der Waals surface area contributed by atoms with Gasteiger partial charge in [0.15, 0.2) is 5.13 Å². The highest BCUT2D eigenvalue weighted by Gasteiger charge is 2.14. The predicted octanol–water partition coefficient (Wildman–Crippen LogP) is 6.24. The topological polar surface area (TPSA) is 45.5 Å². The second kappa shape index (κ2) is 8.97. The van der Waals surface area contributed by atoms with Crippen molar-refractivity contribution in [3.05, 3.63) is 59.2 Å². The molecule has 1 N–H and O–H groups in total. The number of fused-ring (bicyclic) bond motifs is 1. The molecule has 0 aliphatic rings. The Hall–Kier alpha value is -2.38. The standard InChI is InChI=1S/C22H25N5S.BrH/c1-5-26(6-2)18-9-7-17(8-10-18)24-22-25-19(14-28-22)21-16(4)23-20-13-15(3)11-12-27(20)21;/h7-14H,5-6H2,1-4H3,(H,24,25);1H. The summed E-state index contributed by atoms with van der Waals surface area (Å²) < 4.78 is 2.11. The van der Waals surface area contributed by atoms with Gasteiger partial charge in [-0.25, -0.2) is 9.97 Å². The number of anilines is 3. The van der Waals surface area contributed by atoms with Gasteiger partial charge in [0.1, 0.15) is 11.3 Å². The molecule has 3 aromatic heterocycles. The molecule has 0 aliphatic heterocycles. The van der Waals surface area contributed by atoms with E-state index in [9.17, 15) is 0 Å². The number of hydrogen-bond acceptors (Lipinski definition) is 5. The van der Waals surface area contributed by atoms with Gasteiger partial charge in [0.2, 0.25) is 0 Å². The molecule has 0 saturated carbocycles. The van der Waals surface area contributed by atoms with Crippen LogP contribution < -0.4 is 10.2 Å². The summed E-state index contributed by atoms with van der Waals surface area (Å²) in [5, 5.41) is 6.39. The number of aromatic nitrogens is 3. The quantitative estimate of drug-likeness (QED) is 0.361. The van der Waals surface area contributed by atoms with Gasteiger partial charge in [-0.1, -0.05) is 0 Å². The summed E-state index contributed by atoms with van der Waals surface area (Å²) in [5.74, 6) is 0. The van der Waals surface area contributed by atoms with E-state index >= 15 is 0 Å². The number of hydrogen-bond donors (Lipinski definition) is 1. The molecule has 1 aromatic carbocycles. The first-order valence-electron chi connectivity index (χ1n) is 9.62. The number of nitrogens with zero attached hydrogens (tertiary/aromatic N) is 4. The Labute approximate surface area is 186 Å². The van der Waals surface area contributed by atoms with Gasteiger partial charge in [-0.15, -0.1) is 28.3 Å². The van der Waals surface area contributed by atoms with Crippen molar-refractivity contribution in [2.75, 3.05) is 23.3 Å². The van der Waals surface area contributed by atoms with E-state index < -0.39 is 0 Å². The summed E-state index contributed by atoms with van der Waals surface area (Å²) in [6.45, 7) is 10.5. The van der Waals surface area contributed by atoms with Crippen LogP contribution in [0.2, 0.25) is 0 Å². The Balaban J connectivity index is 0.00000240. The van der Waals surface area contributed by atoms with Gasteiger partial charge < -0.3 is 10.2 Å². The number of halogens is 1. The normalized spacial score (nSPS) is 10.8. The van der Waals surface area contributed by atoms with Crippen LogP contribution in [0, 0.1) is 13.8 Å². The molecule has 0 unspecified atom stereocenters. The molecular weight excluding hydrogens is 446 g/mol. The van der Waals surface area contributed by atoms with E-state index in [1.807, 2.05) is 6.92 Å². The van der Waals surface area contributed by atoms with Gasteiger partial charge in [0.05, 0.1) is 11.4 Å². The highest BCUT2D eigenvalue weighted by atomic mass is 79.9. The average Bonchev–Trinajstić information content (AvgIpc) is 3.26. The van der Waals surface area contributed by atoms with Crippen molar-refractivity contribution in [1.29, 1.82) is 0 Å². The Morgan fingerprint density at radius 1 is 1.03 bits per heavy atom. The largest absolute Gasteiger partial charge is 0.372 e. The molecule has 29 heavy (non-hydrogen) atoms. The molecule has 0 saturated heterocycles. The van der Waals surface area contributed by atoms with Crippen molar-refractivity contribution in [3.8, 4) is 11.4 Å². The molecule has 0 fully saturated rings. The van der Waals surface area contributed by atoms with Crippen molar-refractivity contribution in [2.24, 2.45) is 0 Å². The first kappa shape index (κ1) is 21.3. The molecule has 4 aromatic rings. The second-order valence-corrected chi connectivity index (χ2v) is 7.72. The van der Waals surface area contributed by atoms with Crippen LogP contribution in [0.4, 0.5) is 16.5 Å². The summed E-state index contributed by atoms with van der Waals surface area (Å²) in [6, 6.07) is 12.7. The summed E-state index contributed by atoms with van der Waals surface area (Å²) in [7, 11) is 0. The Bertz CT molecular complexity index is 1100. The molecule has 7 heteroatoms. The van der Waals surface area contributed by atoms with E-state index in [-0.39, 0.29) is 17.0 Å². The van der Waals surface area contributed by atoms with Crippen LogP contribution in [0.1, 0.15) is 25.1 Å². The lowest BCUT2D eigenvalue weighted by molar-refractivity contribution is 0.866. The summed E-state index contributed by atoms with van der Waals surface area (Å²) >= 11 is 1.61. The SMILES string of the molecule is Br.CCN(CC)c1ccc(Nc2nc(-c3c(C)nc4cc(C)ccn34)cs2)cc1. The van der Waals surface area contributed by atoms with Crippen LogP contribution >= 0.6 is 28.3 Å². The Kier molecular flexibility index (Phi) is 6.59. The van der Waals surface area contributed by atoms with Crippen molar-refractivity contribution >= 4 is 50.5 Å². The van der Waals surface area contributed by atoms with Crippen LogP contribution in [0.25, 0.3) is 17.0 Å². The van der Waals surface area contributed by atoms with E-state index in [4.69, 9.17) is 4.98 Å². The minimum atomic E-state index is 0. The third-order valence-corrected chi connectivity index (χ3v) is 5.71. The number of imidazole rings is 1. The summed E-state index contributed by atoms with van der Waals surface area (Å²) in [4.78, 5) is 11.8. The zero-order valence-electron chi connectivity index (χ0n) is 17.1. The van der Waals surface area contributed by atoms with Gasteiger partial charge in [0.25, 0.3) is 0 Å². The zero-order chi connectivity index (χ0) is 19.7. The number of aryl methyl sites for hydroxylation is 2. The molecular formula is C22H26BrN5S. The minimum absolute atomic E-state index is 0. The van der Waals surface area contributed by atoms with Crippen LogP contribution in [-0.2, 0) is 0 Å². The van der Waals surface area contributed by atoms with Crippen molar-refractivity contribution in [1.82, 2.24) is 14.4 Å². The molecule has 5 nitrogen and oxygen atoms in total. The van der Waals surface area contributed by atoms with Gasteiger partial charge in [0, 0.05) is 36.0 Å². The maximum Gasteiger partial charge on any atom is 0.187 e. The van der Waals surface area contributed by atoms with Crippen molar-refractivity contribution < 1.29 is 0 Å². The Morgan fingerprint density at radius 2 is 1.76 bits per heavy atom. The lowest BCUT2D eigenvalue weighted by atomic mass is 10.2. The lowest BCUT2D eigenvalue weighted by Gasteiger charge is -2.21. The Morgan fingerprint density at radius 3 is 2.45 bits per heavy atom. The van der Waals surface area contributed by atoms with Gasteiger partial charge in [-0.3, -0.25) is 4.40 Å². The number of thiazole rings is 1. The van der Waals surface area contributed by atoms with E-state index in [0.29, 0.717) is 0 Å². The molecule has 0 radical (unpaired) electrons. The molecule has 0 spiro atoms. The maximum absolute atomic E-state index is 4.81. The average molecular weight is 472 g/mol. The van der Waals surface area contributed by atoms with Gasteiger partial charge in [-0.05, 0) is 69.7 Å². The number of benzene rings is 1. The second-order valence-electron chi connectivity index (χ2n) is 6.86. The molecule has 152 valence electrons. The van der Waals surface area contributed by atoms with E-state index in [1.54, 1.807) is 11.3 Å². The third-order valence-electron chi connectivity index (χ3n) is 4.95. The fourth-order valence-electron chi connectivity index (χ4n) is 3.48. The summed E-state index contributed by atoms with van der Waals surface area (Å²) in [6.07, 6.45) is 2.07. The zero-order valence-corrected chi connectivity index (χ0v) is 19.7. The smallest absolute Gasteiger partial charge is 0.187 e. The van der Waals surface area contributed by atoms with E-state index in [2.05, 4.69) is 88.3 Å². The number of nitrogens with one attached hydrogen (secondary N) is 1. The number of rotatable bonds is 6. The predicted molar refractivity (Wildman–Crippen MR) is 129 cm³/mol. The van der Waals surface area contributed by atoms with E-state index in [0.717, 1.165) is 46.6 Å². The molecule has 0 amide bonds. The lowest BCUT2D eigenvalue weighted by Crippen LogP contribution is -2.21. The van der Waals surface area contributed by atoms with Gasteiger partial charge in [-0.2, -0.15) is 0 Å². The fraction of sp³-hybridized carbons (Fsp3) is 0.273. The van der Waals surface area contributed by atoms with Crippen LogP contribution in [0.5, 0.6) is 0 Å². The third kappa shape index (κ3) is 4.31. The van der Waals surface area contributed by atoms with Crippen LogP contribution in [0.3, 0.4) is 0 Å². The highest BCUT2D eigenvalue weighted by molar-refractivity contribution is 8.93. The summed E-state index contributed by atoms with van der Waals surface area (Å²) in [5.41, 5.74) is 7.44. The van der Waals surface area contributed by atoms with E-state index in [1.165, 1.54) is 11.3 Å². The van der Waals surface area contributed by atoms with Crippen molar-refractivity contribution in [3.63, 3.8) is 0 Å². The first-order chi connectivity index (χ1) is 13.6. The van der Waals surface area contributed by atoms with Crippen LogP contribution in [0.15, 0.2) is 48.0 Å². The van der Waals surface area contributed by atoms with Crippen molar-refractivity contribution in [2.45, 2.75) is 27.7 Å². The highest BCUT2D eigenvalue weighted by Crippen LogP contribution is 2.30. The number of pyridine rings is 1. The molecule has 3 heterocycles. The molecule has 0 aliphatic carbocycles. The monoisotopic (exact) mass is 471 g/mol. The maximum atomic E-state index is 4.81. The molecule has 0 bridgehead atoms. The van der Waals surface area contributed by atoms with Crippen LogP contribution in [-0.4, -0.2) is 27.5 Å².